The summed E-state index contributed by atoms with van der Waals surface area (Å²) in [6.45, 7) is 2.49. The Morgan fingerprint density at radius 3 is 2.52 bits per heavy atom. The Morgan fingerprint density at radius 1 is 0.968 bits per heavy atom. The first-order chi connectivity index (χ1) is 15.1. The molecule has 2 aliphatic rings. The number of amides is 2. The molecule has 0 saturated carbocycles. The van der Waals surface area contributed by atoms with Gasteiger partial charge in [-0.15, -0.1) is 0 Å². The lowest BCUT2D eigenvalue weighted by atomic mass is 10.2. The fraction of sp³-hybridized carbons (Fsp3) is 0.304. The molecule has 5 rings (SSSR count). The number of halogens is 1. The predicted molar refractivity (Wildman–Crippen MR) is 119 cm³/mol. The highest BCUT2D eigenvalue weighted by atomic mass is 79.9. The van der Waals surface area contributed by atoms with Crippen molar-refractivity contribution in [3.05, 3.63) is 59.2 Å². The number of piperazine rings is 1. The summed E-state index contributed by atoms with van der Waals surface area (Å²) in [6, 6.07) is 15.4. The molecule has 2 aliphatic heterocycles. The molecule has 8 heteroatoms. The molecule has 2 aromatic carbocycles. The monoisotopic (exact) mass is 483 g/mol. The van der Waals surface area contributed by atoms with Crippen LogP contribution in [0, 0.1) is 0 Å². The minimum Gasteiger partial charge on any atom is -0.485 e. The second kappa shape index (κ2) is 8.26. The van der Waals surface area contributed by atoms with E-state index in [1.165, 1.54) is 0 Å². The molecule has 0 spiro atoms. The number of ether oxygens (including phenoxy) is 2. The molecule has 1 atom stereocenters. The highest BCUT2D eigenvalue weighted by Gasteiger charge is 2.33. The molecule has 3 heterocycles. The van der Waals surface area contributed by atoms with Crippen LogP contribution in [0.4, 0.5) is 0 Å². The van der Waals surface area contributed by atoms with Crippen LogP contribution in [0.1, 0.15) is 0 Å². The minimum atomic E-state index is -0.651. The van der Waals surface area contributed by atoms with Crippen LogP contribution in [0.25, 0.3) is 10.9 Å². The standard InChI is InChI=1S/C23H22BrN3O4/c24-17-6-5-16-7-8-27(18(16)13-17)14-22(28)25-9-11-26(12-10-25)23(29)21-15-30-19-3-1-2-4-20(19)31-21/h1-8,13,21H,9-12,14-15H2. The molecule has 0 aliphatic carbocycles. The molecule has 1 unspecified atom stereocenters. The second-order valence-corrected chi connectivity index (χ2v) is 8.63. The SMILES string of the molecule is O=C(Cn1ccc2ccc(Br)cc21)N1CCN(C(=O)C2COc3ccccc3O2)CC1. The number of hydrogen-bond acceptors (Lipinski definition) is 4. The fourth-order valence-corrected chi connectivity index (χ4v) is 4.41. The van der Waals surface area contributed by atoms with Crippen molar-refractivity contribution >= 4 is 38.6 Å². The van der Waals surface area contributed by atoms with Crippen molar-refractivity contribution in [3.8, 4) is 11.5 Å². The number of carbonyl (C=O) groups excluding carboxylic acids is 2. The number of fused-ring (bicyclic) bond motifs is 2. The molecule has 0 radical (unpaired) electrons. The van der Waals surface area contributed by atoms with Gasteiger partial charge in [-0.25, -0.2) is 0 Å². The number of benzene rings is 2. The summed E-state index contributed by atoms with van der Waals surface area (Å²) in [7, 11) is 0. The molecular formula is C23H22BrN3O4. The number of rotatable bonds is 3. The van der Waals surface area contributed by atoms with Gasteiger partial charge in [0.25, 0.3) is 5.91 Å². The number of aromatic nitrogens is 1. The van der Waals surface area contributed by atoms with E-state index in [1.807, 2.05) is 58.1 Å². The third-order valence-corrected chi connectivity index (χ3v) is 6.26. The van der Waals surface area contributed by atoms with Crippen LogP contribution in [0.3, 0.4) is 0 Å². The van der Waals surface area contributed by atoms with Crippen molar-refractivity contribution in [2.24, 2.45) is 0 Å². The highest BCUT2D eigenvalue weighted by Crippen LogP contribution is 2.31. The zero-order valence-electron chi connectivity index (χ0n) is 16.9. The van der Waals surface area contributed by atoms with Crippen LogP contribution in [-0.2, 0) is 16.1 Å². The van der Waals surface area contributed by atoms with Gasteiger partial charge in [-0.05, 0) is 35.7 Å². The molecule has 1 aromatic heterocycles. The van der Waals surface area contributed by atoms with E-state index in [0.29, 0.717) is 37.7 Å². The maximum atomic E-state index is 12.9. The quantitative estimate of drug-likeness (QED) is 0.574. The Hall–Kier alpha value is -3.00. The van der Waals surface area contributed by atoms with E-state index in [1.54, 1.807) is 11.0 Å². The fourth-order valence-electron chi connectivity index (χ4n) is 4.06. The van der Waals surface area contributed by atoms with Crippen molar-refractivity contribution in [1.82, 2.24) is 14.4 Å². The minimum absolute atomic E-state index is 0.0516. The van der Waals surface area contributed by atoms with E-state index >= 15 is 0 Å². The van der Waals surface area contributed by atoms with E-state index < -0.39 is 6.10 Å². The van der Waals surface area contributed by atoms with Crippen molar-refractivity contribution < 1.29 is 19.1 Å². The number of carbonyl (C=O) groups is 2. The summed E-state index contributed by atoms with van der Waals surface area (Å²) < 4.78 is 14.4. The Balaban J connectivity index is 1.18. The van der Waals surface area contributed by atoms with Crippen molar-refractivity contribution in [3.63, 3.8) is 0 Å². The van der Waals surface area contributed by atoms with Gasteiger partial charge in [0.15, 0.2) is 11.5 Å². The molecule has 0 N–H and O–H groups in total. The third kappa shape index (κ3) is 3.99. The smallest absolute Gasteiger partial charge is 0.267 e. The van der Waals surface area contributed by atoms with Gasteiger partial charge in [0.05, 0.1) is 0 Å². The van der Waals surface area contributed by atoms with E-state index in [9.17, 15) is 9.59 Å². The molecule has 160 valence electrons. The number of para-hydroxylation sites is 2. The summed E-state index contributed by atoms with van der Waals surface area (Å²) in [5.41, 5.74) is 1.02. The van der Waals surface area contributed by atoms with Crippen LogP contribution < -0.4 is 9.47 Å². The molecule has 7 nitrogen and oxygen atoms in total. The largest absolute Gasteiger partial charge is 0.485 e. The normalized spacial score (nSPS) is 18.3. The molecular weight excluding hydrogens is 462 g/mol. The first kappa shape index (κ1) is 19.9. The first-order valence-electron chi connectivity index (χ1n) is 10.3. The maximum absolute atomic E-state index is 12.9. The van der Waals surface area contributed by atoms with E-state index in [0.717, 1.165) is 15.4 Å². The number of hydrogen-bond donors (Lipinski definition) is 0. The van der Waals surface area contributed by atoms with Gasteiger partial charge in [-0.1, -0.05) is 34.1 Å². The van der Waals surface area contributed by atoms with Crippen molar-refractivity contribution in [2.45, 2.75) is 12.6 Å². The van der Waals surface area contributed by atoms with Crippen LogP contribution in [0.2, 0.25) is 0 Å². The van der Waals surface area contributed by atoms with Crippen molar-refractivity contribution in [1.29, 1.82) is 0 Å². The number of nitrogens with zero attached hydrogens (tertiary/aromatic N) is 3. The van der Waals surface area contributed by atoms with Gasteiger partial charge in [-0.2, -0.15) is 0 Å². The van der Waals surface area contributed by atoms with E-state index in [4.69, 9.17) is 9.47 Å². The van der Waals surface area contributed by atoms with Gasteiger partial charge in [0.2, 0.25) is 12.0 Å². The predicted octanol–water partition coefficient (Wildman–Crippen LogP) is 2.91. The van der Waals surface area contributed by atoms with Crippen LogP contribution >= 0.6 is 15.9 Å². The van der Waals surface area contributed by atoms with Gasteiger partial charge in [0, 0.05) is 42.4 Å². The zero-order chi connectivity index (χ0) is 21.4. The maximum Gasteiger partial charge on any atom is 0.267 e. The molecule has 3 aromatic rings. The summed E-state index contributed by atoms with van der Waals surface area (Å²) >= 11 is 3.49. The lowest BCUT2D eigenvalue weighted by molar-refractivity contribution is -0.146. The van der Waals surface area contributed by atoms with Gasteiger partial charge in [-0.3, -0.25) is 9.59 Å². The summed E-state index contributed by atoms with van der Waals surface area (Å²) in [5.74, 6) is 1.21. The van der Waals surface area contributed by atoms with Crippen LogP contribution in [-0.4, -0.2) is 65.1 Å². The molecule has 1 saturated heterocycles. The summed E-state index contributed by atoms with van der Waals surface area (Å²) in [5, 5.41) is 1.10. The average molecular weight is 484 g/mol. The highest BCUT2D eigenvalue weighted by molar-refractivity contribution is 9.10. The third-order valence-electron chi connectivity index (χ3n) is 5.77. The molecule has 31 heavy (non-hydrogen) atoms. The van der Waals surface area contributed by atoms with Crippen molar-refractivity contribution in [2.75, 3.05) is 32.8 Å². The molecule has 0 bridgehead atoms. The Kier molecular flexibility index (Phi) is 5.31. The molecule has 2 amide bonds. The van der Waals surface area contributed by atoms with Gasteiger partial charge in [0.1, 0.15) is 13.2 Å². The van der Waals surface area contributed by atoms with Gasteiger partial charge < -0.3 is 23.8 Å². The van der Waals surface area contributed by atoms with E-state index in [-0.39, 0.29) is 25.0 Å². The Labute approximate surface area is 188 Å². The van der Waals surface area contributed by atoms with E-state index in [2.05, 4.69) is 15.9 Å². The Morgan fingerprint density at radius 2 is 1.71 bits per heavy atom. The zero-order valence-corrected chi connectivity index (χ0v) is 18.5. The van der Waals surface area contributed by atoms with Crippen LogP contribution in [0.15, 0.2) is 59.2 Å². The van der Waals surface area contributed by atoms with Crippen LogP contribution in [0.5, 0.6) is 11.5 Å². The molecule has 1 fully saturated rings. The summed E-state index contributed by atoms with van der Waals surface area (Å²) in [6.07, 6.45) is 1.29. The van der Waals surface area contributed by atoms with Gasteiger partial charge >= 0.3 is 0 Å². The lowest BCUT2D eigenvalue weighted by Gasteiger charge is -2.37. The topological polar surface area (TPSA) is 64.0 Å². The summed E-state index contributed by atoms with van der Waals surface area (Å²) in [4.78, 5) is 29.3. The Bertz CT molecular complexity index is 1140. The second-order valence-electron chi connectivity index (χ2n) is 7.72. The lowest BCUT2D eigenvalue weighted by Crippen LogP contribution is -2.55. The first-order valence-corrected chi connectivity index (χ1v) is 11.1. The average Bonchev–Trinajstić information content (AvgIpc) is 3.20.